The Morgan fingerprint density at radius 2 is 2.00 bits per heavy atom. The first-order valence-corrected chi connectivity index (χ1v) is 9.76. The molecule has 0 atom stereocenters. The molecule has 0 unspecified atom stereocenters. The second-order valence-corrected chi connectivity index (χ2v) is 8.56. The van der Waals surface area contributed by atoms with Gasteiger partial charge in [0.25, 0.3) is 0 Å². The van der Waals surface area contributed by atoms with Gasteiger partial charge in [-0.25, -0.2) is 15.0 Å². The Balaban J connectivity index is 1.36. The van der Waals surface area contributed by atoms with Gasteiger partial charge < -0.3 is 15.3 Å². The van der Waals surface area contributed by atoms with E-state index in [4.69, 9.17) is 10.1 Å². The van der Waals surface area contributed by atoms with E-state index in [2.05, 4.69) is 33.3 Å². The van der Waals surface area contributed by atoms with Gasteiger partial charge in [-0.05, 0) is 51.3 Å². The van der Waals surface area contributed by atoms with E-state index >= 15 is 0 Å². The summed E-state index contributed by atoms with van der Waals surface area (Å²) in [5.74, 6) is 1.75. The highest BCUT2D eigenvalue weighted by Gasteiger charge is 2.72. The van der Waals surface area contributed by atoms with Gasteiger partial charge in [0.05, 0.1) is 11.7 Å². The third-order valence-electron chi connectivity index (χ3n) is 6.91. The number of ketones is 1. The zero-order chi connectivity index (χ0) is 18.6. The first kappa shape index (κ1) is 17.0. The molecule has 0 aromatic carbocycles. The van der Waals surface area contributed by atoms with E-state index in [1.807, 2.05) is 12.4 Å². The second-order valence-electron chi connectivity index (χ2n) is 8.56. The number of aliphatic hydroxyl groups excluding tert-OH is 1. The Kier molecular flexibility index (Phi) is 3.74. The van der Waals surface area contributed by atoms with Crippen molar-refractivity contribution in [3.05, 3.63) is 24.3 Å². The number of nitrogens with one attached hydrogen (secondary N) is 1. The lowest BCUT2D eigenvalue weighted by Crippen LogP contribution is -2.69. The fourth-order valence-electron chi connectivity index (χ4n) is 5.24. The van der Waals surface area contributed by atoms with Crippen LogP contribution in [0, 0.1) is 5.41 Å². The van der Waals surface area contributed by atoms with Crippen molar-refractivity contribution in [2.24, 2.45) is 5.41 Å². The topological polar surface area (TPSA) is 91.2 Å². The number of nitrogens with zero attached hydrogens (tertiary/aromatic N) is 4. The highest BCUT2D eigenvalue weighted by molar-refractivity contribution is 5.90. The van der Waals surface area contributed by atoms with Crippen LogP contribution in [0.5, 0.6) is 0 Å². The maximum atomic E-state index is 11.9. The molecule has 3 aliphatic carbocycles. The van der Waals surface area contributed by atoms with Crippen molar-refractivity contribution in [2.75, 3.05) is 31.6 Å². The summed E-state index contributed by atoms with van der Waals surface area (Å²) in [6.07, 6.45) is 8.30. The molecule has 0 radical (unpaired) electrons. The number of rotatable bonds is 5. The average molecular weight is 367 g/mol. The third-order valence-corrected chi connectivity index (χ3v) is 6.91. The molecule has 2 aromatic heterocycles. The van der Waals surface area contributed by atoms with Gasteiger partial charge in [-0.15, -0.1) is 0 Å². The number of fused-ring (bicyclic) bond motifs is 1. The monoisotopic (exact) mass is 367 g/mol. The normalized spacial score (nSPS) is 29.9. The third kappa shape index (κ3) is 2.48. The Bertz CT molecular complexity index is 889. The van der Waals surface area contributed by atoms with Gasteiger partial charge in [0, 0.05) is 35.5 Å². The molecular formula is C20H25N5O2. The Morgan fingerprint density at radius 3 is 2.70 bits per heavy atom. The van der Waals surface area contributed by atoms with Crippen LogP contribution in [0.25, 0.3) is 10.9 Å². The fourth-order valence-corrected chi connectivity index (χ4v) is 5.24. The minimum absolute atomic E-state index is 0.0302. The number of aromatic nitrogens is 3. The predicted octanol–water partition coefficient (Wildman–Crippen LogP) is 1.20. The van der Waals surface area contributed by atoms with E-state index in [-0.39, 0.29) is 23.2 Å². The molecule has 2 aromatic rings. The summed E-state index contributed by atoms with van der Waals surface area (Å²) in [7, 11) is 2.11. The van der Waals surface area contributed by atoms with Crippen LogP contribution in [0.15, 0.2) is 18.5 Å². The minimum atomic E-state index is -0.355. The Morgan fingerprint density at radius 1 is 1.26 bits per heavy atom. The molecule has 2 bridgehead atoms. The second kappa shape index (κ2) is 5.94. The number of aliphatic hydroxyl groups is 1. The number of hydrogen-bond acceptors (Lipinski definition) is 7. The van der Waals surface area contributed by atoms with E-state index in [0.29, 0.717) is 6.04 Å². The fraction of sp³-hybridized carbons (Fsp3) is 0.600. The smallest absolute Gasteiger partial charge is 0.164 e. The lowest BCUT2D eigenvalue weighted by Gasteiger charge is -2.68. The molecule has 1 saturated heterocycles. The molecule has 27 heavy (non-hydrogen) atoms. The van der Waals surface area contributed by atoms with E-state index < -0.39 is 0 Å². The molecule has 3 heterocycles. The zero-order valence-electron chi connectivity index (χ0n) is 15.6. The number of hydrogen-bond donors (Lipinski definition) is 2. The van der Waals surface area contributed by atoms with Crippen LogP contribution >= 0.6 is 0 Å². The van der Waals surface area contributed by atoms with Gasteiger partial charge in [-0.1, -0.05) is 0 Å². The van der Waals surface area contributed by atoms with Crippen molar-refractivity contribution in [3.63, 3.8) is 0 Å². The summed E-state index contributed by atoms with van der Waals surface area (Å²) in [6, 6.07) is 2.58. The molecule has 4 fully saturated rings. The van der Waals surface area contributed by atoms with Crippen molar-refractivity contribution in [3.8, 4) is 0 Å². The summed E-state index contributed by atoms with van der Waals surface area (Å²) in [6.45, 7) is 1.75. The summed E-state index contributed by atoms with van der Waals surface area (Å²) in [5, 5.41) is 13.5. The van der Waals surface area contributed by atoms with Crippen LogP contribution in [0.4, 0.5) is 5.82 Å². The molecular weight excluding hydrogens is 342 g/mol. The van der Waals surface area contributed by atoms with Crippen LogP contribution in [0.2, 0.25) is 0 Å². The molecule has 4 aliphatic rings. The lowest BCUT2D eigenvalue weighted by molar-refractivity contribution is -0.178. The Labute approximate surface area is 158 Å². The standard InChI is InChI=1S/C20H25N5O2/c1-25(14-2-4-21-5-3-14)17-6-13-7-23-18(24-15(13)8-22-17)20-10-19(11-20,12-20)16(27)9-26/h6-8,14,21,26H,2-5,9-12H2,1H3. The van der Waals surface area contributed by atoms with E-state index in [1.54, 1.807) is 0 Å². The molecule has 6 rings (SSSR count). The number of carbonyl (C=O) groups excluding carboxylic acids is 1. The minimum Gasteiger partial charge on any atom is -0.389 e. The first-order valence-electron chi connectivity index (χ1n) is 9.76. The van der Waals surface area contributed by atoms with Gasteiger partial charge in [0.15, 0.2) is 5.78 Å². The molecule has 142 valence electrons. The van der Waals surface area contributed by atoms with Crippen molar-refractivity contribution >= 4 is 22.5 Å². The highest BCUT2D eigenvalue weighted by atomic mass is 16.3. The van der Waals surface area contributed by atoms with Crippen molar-refractivity contribution in [1.82, 2.24) is 20.3 Å². The van der Waals surface area contributed by atoms with Gasteiger partial charge >= 0.3 is 0 Å². The van der Waals surface area contributed by atoms with Crippen molar-refractivity contribution in [2.45, 2.75) is 43.6 Å². The lowest BCUT2D eigenvalue weighted by atomic mass is 9.33. The number of anilines is 1. The van der Waals surface area contributed by atoms with Crippen LogP contribution < -0.4 is 10.2 Å². The van der Waals surface area contributed by atoms with Crippen LogP contribution in [-0.4, -0.2) is 58.6 Å². The SMILES string of the molecule is CN(c1cc2cnc(C34CC(C(=O)CO)(C3)C4)nc2cn1)C1CCNCC1. The summed E-state index contributed by atoms with van der Waals surface area (Å²) >= 11 is 0. The number of piperidine rings is 1. The van der Waals surface area contributed by atoms with E-state index in [1.165, 1.54) is 0 Å². The maximum absolute atomic E-state index is 11.9. The first-order chi connectivity index (χ1) is 13.1. The van der Waals surface area contributed by atoms with E-state index in [0.717, 1.165) is 67.7 Å². The predicted molar refractivity (Wildman–Crippen MR) is 102 cm³/mol. The summed E-state index contributed by atoms with van der Waals surface area (Å²) < 4.78 is 0. The molecule has 7 nitrogen and oxygen atoms in total. The molecule has 0 amide bonds. The average Bonchev–Trinajstić information content (AvgIpc) is 2.65. The Hall–Kier alpha value is -2.12. The molecule has 0 spiro atoms. The van der Waals surface area contributed by atoms with Crippen LogP contribution in [0.3, 0.4) is 0 Å². The largest absolute Gasteiger partial charge is 0.389 e. The highest BCUT2D eigenvalue weighted by Crippen LogP contribution is 2.73. The van der Waals surface area contributed by atoms with Gasteiger partial charge in [-0.2, -0.15) is 0 Å². The van der Waals surface area contributed by atoms with Gasteiger partial charge in [-0.3, -0.25) is 4.79 Å². The molecule has 2 N–H and O–H groups in total. The molecule has 1 aliphatic heterocycles. The quantitative estimate of drug-likeness (QED) is 0.820. The van der Waals surface area contributed by atoms with Gasteiger partial charge in [0.2, 0.25) is 0 Å². The van der Waals surface area contributed by atoms with Crippen LogP contribution in [0.1, 0.15) is 37.9 Å². The number of pyridine rings is 1. The maximum Gasteiger partial charge on any atom is 0.164 e. The van der Waals surface area contributed by atoms with Crippen molar-refractivity contribution in [1.29, 1.82) is 0 Å². The van der Waals surface area contributed by atoms with E-state index in [9.17, 15) is 4.79 Å². The number of carbonyl (C=O) groups is 1. The molecule has 7 heteroatoms. The number of Topliss-reactive ketones (excluding diaryl/α,β-unsaturated/α-hetero) is 1. The van der Waals surface area contributed by atoms with Gasteiger partial charge in [0.1, 0.15) is 18.2 Å². The molecule has 3 saturated carbocycles. The van der Waals surface area contributed by atoms with Crippen LogP contribution in [-0.2, 0) is 10.2 Å². The van der Waals surface area contributed by atoms with Crippen molar-refractivity contribution < 1.29 is 9.90 Å². The zero-order valence-corrected chi connectivity index (χ0v) is 15.6. The summed E-state index contributed by atoms with van der Waals surface area (Å²) in [5.41, 5.74) is 0.491. The summed E-state index contributed by atoms with van der Waals surface area (Å²) in [4.78, 5) is 28.2.